The van der Waals surface area contributed by atoms with E-state index in [4.69, 9.17) is 10.8 Å². The van der Waals surface area contributed by atoms with Crippen molar-refractivity contribution in [1.29, 1.82) is 0 Å². The summed E-state index contributed by atoms with van der Waals surface area (Å²) in [6.07, 6.45) is 2.79. The van der Waals surface area contributed by atoms with E-state index in [0.29, 0.717) is 0 Å². The summed E-state index contributed by atoms with van der Waals surface area (Å²) in [5.74, 6) is -0.753. The molecule has 1 heterocycles. The van der Waals surface area contributed by atoms with Crippen LogP contribution in [0.4, 0.5) is 10.7 Å². The van der Waals surface area contributed by atoms with Crippen LogP contribution in [0.1, 0.15) is 13.3 Å². The van der Waals surface area contributed by atoms with Crippen molar-refractivity contribution in [3.8, 4) is 0 Å². The smallest absolute Gasteiger partial charge is 0.321 e. The number of aromatic amines is 1. The first kappa shape index (κ1) is 11.0. The largest absolute Gasteiger partial charge is 0.481 e. The quantitative estimate of drug-likeness (QED) is 0.659. The van der Waals surface area contributed by atoms with Gasteiger partial charge in [0.25, 0.3) is 0 Å². The normalized spacial score (nSPS) is 12.1. The summed E-state index contributed by atoms with van der Waals surface area (Å²) in [5, 5.41) is 8.60. The number of carbonyl (C=O) groups is 2. The number of hydrogen-bond acceptors (Lipinski definition) is 3. The summed E-state index contributed by atoms with van der Waals surface area (Å²) in [7, 11) is 0. The van der Waals surface area contributed by atoms with Crippen LogP contribution in [0.2, 0.25) is 0 Å². The molecule has 0 radical (unpaired) electrons. The van der Waals surface area contributed by atoms with Crippen molar-refractivity contribution in [2.24, 2.45) is 5.73 Å². The highest BCUT2D eigenvalue weighted by atomic mass is 16.4. The van der Waals surface area contributed by atoms with Crippen molar-refractivity contribution in [1.82, 2.24) is 9.97 Å². The van der Waals surface area contributed by atoms with Gasteiger partial charge in [-0.05, 0) is 6.92 Å². The first-order valence-corrected chi connectivity index (χ1v) is 4.32. The van der Waals surface area contributed by atoms with E-state index >= 15 is 0 Å². The van der Waals surface area contributed by atoms with Crippen molar-refractivity contribution in [3.05, 3.63) is 12.4 Å². The fourth-order valence-electron chi connectivity index (χ4n) is 1.26. The Hall–Kier alpha value is -2.05. The Morgan fingerprint density at radius 1 is 1.73 bits per heavy atom. The second-order valence-electron chi connectivity index (χ2n) is 3.07. The molecule has 0 bridgehead atoms. The molecule has 1 atom stereocenters. The summed E-state index contributed by atoms with van der Waals surface area (Å²) in [6.45, 7) is 1.58. The van der Waals surface area contributed by atoms with Gasteiger partial charge in [-0.2, -0.15) is 0 Å². The van der Waals surface area contributed by atoms with Gasteiger partial charge in [-0.15, -0.1) is 0 Å². The number of H-pyrrole nitrogens is 1. The fraction of sp³-hybridized carbons (Fsp3) is 0.375. The van der Waals surface area contributed by atoms with Gasteiger partial charge in [-0.25, -0.2) is 9.78 Å². The van der Waals surface area contributed by atoms with Crippen molar-refractivity contribution in [2.75, 3.05) is 4.90 Å². The number of hydrogen-bond donors (Lipinski definition) is 3. The Morgan fingerprint density at radius 2 is 2.40 bits per heavy atom. The average Bonchev–Trinajstić information content (AvgIpc) is 2.54. The molecular weight excluding hydrogens is 200 g/mol. The Bertz CT molecular complexity index is 349. The Labute approximate surface area is 85.9 Å². The lowest BCUT2D eigenvalue weighted by atomic mass is 10.2. The van der Waals surface area contributed by atoms with E-state index in [9.17, 15) is 9.59 Å². The van der Waals surface area contributed by atoms with Crippen LogP contribution < -0.4 is 10.6 Å². The second kappa shape index (κ2) is 4.45. The number of nitrogens with zero attached hydrogens (tertiary/aromatic N) is 2. The number of carboxylic acids is 1. The van der Waals surface area contributed by atoms with Crippen molar-refractivity contribution in [2.45, 2.75) is 19.4 Å². The Kier molecular flexibility index (Phi) is 3.27. The third kappa shape index (κ3) is 2.70. The summed E-state index contributed by atoms with van der Waals surface area (Å²) >= 11 is 0. The first-order chi connectivity index (χ1) is 7.02. The highest BCUT2D eigenvalue weighted by Gasteiger charge is 2.23. The molecule has 0 aliphatic heterocycles. The van der Waals surface area contributed by atoms with E-state index in [0.717, 1.165) is 4.90 Å². The van der Waals surface area contributed by atoms with Crippen LogP contribution in [-0.4, -0.2) is 33.1 Å². The van der Waals surface area contributed by atoms with Gasteiger partial charge in [0.15, 0.2) is 0 Å². The zero-order valence-corrected chi connectivity index (χ0v) is 8.17. The molecule has 0 aliphatic rings. The van der Waals surface area contributed by atoms with Crippen molar-refractivity contribution in [3.63, 3.8) is 0 Å². The lowest BCUT2D eigenvalue weighted by molar-refractivity contribution is -0.137. The highest BCUT2D eigenvalue weighted by molar-refractivity contribution is 5.90. The minimum atomic E-state index is -1.000. The number of aliphatic carboxylic acids is 1. The van der Waals surface area contributed by atoms with Crippen LogP contribution in [0.3, 0.4) is 0 Å². The average molecular weight is 212 g/mol. The minimum Gasteiger partial charge on any atom is -0.481 e. The van der Waals surface area contributed by atoms with Crippen LogP contribution in [0.15, 0.2) is 12.4 Å². The number of imidazole rings is 1. The number of amides is 2. The molecule has 0 aromatic carbocycles. The van der Waals surface area contributed by atoms with Crippen LogP contribution in [0, 0.1) is 0 Å². The van der Waals surface area contributed by atoms with Crippen molar-refractivity contribution < 1.29 is 14.7 Å². The number of nitrogens with two attached hydrogens (primary N) is 1. The molecule has 15 heavy (non-hydrogen) atoms. The molecule has 1 unspecified atom stereocenters. The SMILES string of the molecule is CC(CC(=O)O)N(C(N)=O)c1ncc[nH]1. The van der Waals surface area contributed by atoms with Crippen LogP contribution in [0.25, 0.3) is 0 Å². The zero-order chi connectivity index (χ0) is 11.4. The van der Waals surface area contributed by atoms with Crippen LogP contribution in [-0.2, 0) is 4.79 Å². The molecule has 1 aromatic rings. The van der Waals surface area contributed by atoms with Gasteiger partial charge < -0.3 is 15.8 Å². The predicted octanol–water partition coefficient (Wildman–Crippen LogP) is 0.158. The highest BCUT2D eigenvalue weighted by Crippen LogP contribution is 2.12. The number of urea groups is 1. The van der Waals surface area contributed by atoms with Gasteiger partial charge in [0, 0.05) is 18.4 Å². The van der Waals surface area contributed by atoms with E-state index in [1.165, 1.54) is 12.4 Å². The fourth-order valence-corrected chi connectivity index (χ4v) is 1.26. The third-order valence-electron chi connectivity index (χ3n) is 1.86. The third-order valence-corrected chi connectivity index (χ3v) is 1.86. The molecular formula is C8H12N4O3. The molecule has 4 N–H and O–H groups in total. The maximum absolute atomic E-state index is 11.1. The van der Waals surface area contributed by atoms with Gasteiger partial charge in [0.2, 0.25) is 5.95 Å². The molecule has 1 rings (SSSR count). The standard InChI is InChI=1S/C8H12N4O3/c1-5(4-6(13)14)12(7(9)15)8-10-2-3-11-8/h2-3,5H,4H2,1H3,(H2,9,15)(H,10,11)(H,13,14). The number of rotatable bonds is 4. The molecule has 82 valence electrons. The Morgan fingerprint density at radius 3 is 2.80 bits per heavy atom. The van der Waals surface area contributed by atoms with E-state index < -0.39 is 18.0 Å². The summed E-state index contributed by atoms with van der Waals surface area (Å²) in [4.78, 5) is 29.3. The number of nitrogens with one attached hydrogen (secondary N) is 1. The van der Waals surface area contributed by atoms with Crippen LogP contribution >= 0.6 is 0 Å². The van der Waals surface area contributed by atoms with Gasteiger partial charge in [-0.1, -0.05) is 0 Å². The van der Waals surface area contributed by atoms with Crippen LogP contribution in [0.5, 0.6) is 0 Å². The van der Waals surface area contributed by atoms with Gasteiger partial charge >= 0.3 is 12.0 Å². The molecule has 1 aromatic heterocycles. The van der Waals surface area contributed by atoms with Gasteiger partial charge in [0.05, 0.1) is 6.42 Å². The maximum atomic E-state index is 11.1. The molecule has 0 fully saturated rings. The topological polar surface area (TPSA) is 112 Å². The zero-order valence-electron chi connectivity index (χ0n) is 8.17. The molecule has 0 aliphatic carbocycles. The minimum absolute atomic E-state index is 0.191. The molecule has 0 saturated carbocycles. The monoisotopic (exact) mass is 212 g/mol. The number of anilines is 1. The number of aromatic nitrogens is 2. The van der Waals surface area contributed by atoms with E-state index in [1.54, 1.807) is 6.92 Å². The molecule has 2 amide bonds. The van der Waals surface area contributed by atoms with Gasteiger partial charge in [-0.3, -0.25) is 9.69 Å². The summed E-state index contributed by atoms with van der Waals surface area (Å²) in [5.41, 5.74) is 5.14. The van der Waals surface area contributed by atoms with E-state index in [2.05, 4.69) is 9.97 Å². The second-order valence-corrected chi connectivity index (χ2v) is 3.07. The van der Waals surface area contributed by atoms with E-state index in [1.807, 2.05) is 0 Å². The van der Waals surface area contributed by atoms with Gasteiger partial charge in [0.1, 0.15) is 0 Å². The number of carbonyl (C=O) groups excluding carboxylic acids is 1. The maximum Gasteiger partial charge on any atom is 0.321 e. The number of primary amides is 1. The molecule has 0 spiro atoms. The molecule has 7 heteroatoms. The first-order valence-electron chi connectivity index (χ1n) is 4.32. The lowest BCUT2D eigenvalue weighted by Crippen LogP contribution is -2.44. The summed E-state index contributed by atoms with van der Waals surface area (Å²) < 4.78 is 0. The van der Waals surface area contributed by atoms with E-state index in [-0.39, 0.29) is 12.4 Å². The lowest BCUT2D eigenvalue weighted by Gasteiger charge is -2.23. The molecule has 7 nitrogen and oxygen atoms in total. The summed E-state index contributed by atoms with van der Waals surface area (Å²) in [6, 6.07) is -1.29. The molecule has 0 saturated heterocycles. The Balaban J connectivity index is 2.84. The van der Waals surface area contributed by atoms with Crippen molar-refractivity contribution >= 4 is 17.9 Å². The predicted molar refractivity (Wildman–Crippen MR) is 52.4 cm³/mol. The number of carboxylic acid groups (broad SMARTS) is 1.